The average Bonchev–Trinajstić information content (AvgIpc) is 3.39. The topological polar surface area (TPSA) is 121 Å². The molecule has 4 heterocycles. The molecule has 0 saturated carbocycles. The number of anilines is 2. The van der Waals surface area contributed by atoms with Crippen molar-refractivity contribution in [3.63, 3.8) is 0 Å². The number of hydrogen-bond acceptors (Lipinski definition) is 9. The number of nitrogens with one attached hydrogen (secondary N) is 1. The molecule has 0 unspecified atom stereocenters. The molecule has 1 amide bonds. The molecule has 218 valence electrons. The Morgan fingerprint density at radius 3 is 2.61 bits per heavy atom. The number of benzene rings is 1. The molecule has 2 N–H and O–H groups in total. The van der Waals surface area contributed by atoms with E-state index in [4.69, 9.17) is 9.72 Å². The van der Waals surface area contributed by atoms with E-state index in [1.807, 2.05) is 11.0 Å². The number of carbonyl (C=O) groups is 2. The first-order valence-corrected chi connectivity index (χ1v) is 14.8. The highest BCUT2D eigenvalue weighted by Gasteiger charge is 2.26. The van der Waals surface area contributed by atoms with Crippen LogP contribution in [0.15, 0.2) is 30.6 Å². The van der Waals surface area contributed by atoms with Crippen LogP contribution < -0.4 is 15.0 Å². The number of alkyl halides is 1. The molecule has 0 radical (unpaired) electrons. The molecular formula is C29H35FN6O4S. The van der Waals surface area contributed by atoms with Gasteiger partial charge in [0.1, 0.15) is 23.9 Å². The van der Waals surface area contributed by atoms with Gasteiger partial charge in [0.15, 0.2) is 5.13 Å². The SMILES string of the molecule is COc1ccc(-c2nc(NC(=O)c3cnc(N4CCC(C(=O)O)CC4)cn3)sc2CN2CCCC[C@H]2C)cc1CF. The van der Waals surface area contributed by atoms with Crippen LogP contribution in [0.25, 0.3) is 11.3 Å². The van der Waals surface area contributed by atoms with Gasteiger partial charge in [-0.2, -0.15) is 0 Å². The zero-order chi connectivity index (χ0) is 28.9. The predicted molar refractivity (Wildman–Crippen MR) is 155 cm³/mol. The highest BCUT2D eigenvalue weighted by atomic mass is 32.1. The molecule has 3 aromatic rings. The number of ether oxygens (including phenoxy) is 1. The van der Waals surface area contributed by atoms with Crippen molar-refractivity contribution in [3.05, 3.63) is 46.7 Å². The normalized spacial score (nSPS) is 18.3. The fourth-order valence-electron chi connectivity index (χ4n) is 5.46. The van der Waals surface area contributed by atoms with Gasteiger partial charge >= 0.3 is 5.97 Å². The monoisotopic (exact) mass is 582 g/mol. The minimum atomic E-state index is -0.767. The third-order valence-corrected chi connectivity index (χ3v) is 8.90. The lowest BCUT2D eigenvalue weighted by Crippen LogP contribution is -2.36. The Kier molecular flexibility index (Phi) is 9.09. The van der Waals surface area contributed by atoms with Crippen molar-refractivity contribution in [3.8, 4) is 17.0 Å². The van der Waals surface area contributed by atoms with Crippen molar-refractivity contribution in [1.29, 1.82) is 0 Å². The number of likely N-dealkylation sites (tertiary alicyclic amines) is 1. The first-order chi connectivity index (χ1) is 19.9. The number of carboxylic acids is 1. The zero-order valence-electron chi connectivity index (χ0n) is 23.3. The number of carbonyl (C=O) groups excluding carboxylic acids is 1. The second-order valence-electron chi connectivity index (χ2n) is 10.6. The van der Waals surface area contributed by atoms with Crippen LogP contribution >= 0.6 is 11.3 Å². The minimum absolute atomic E-state index is 0.154. The largest absolute Gasteiger partial charge is 0.496 e. The van der Waals surface area contributed by atoms with E-state index in [1.54, 1.807) is 18.3 Å². The van der Waals surface area contributed by atoms with Crippen LogP contribution in [0, 0.1) is 5.92 Å². The number of carboxylic acid groups (broad SMARTS) is 1. The summed E-state index contributed by atoms with van der Waals surface area (Å²) in [5.41, 5.74) is 2.09. The van der Waals surface area contributed by atoms with Crippen molar-refractivity contribution >= 4 is 34.2 Å². The highest BCUT2D eigenvalue weighted by Crippen LogP contribution is 2.36. The van der Waals surface area contributed by atoms with Gasteiger partial charge in [0.25, 0.3) is 5.91 Å². The Morgan fingerprint density at radius 1 is 1.15 bits per heavy atom. The Bertz CT molecular complexity index is 1380. The van der Waals surface area contributed by atoms with Gasteiger partial charge in [-0.3, -0.25) is 19.8 Å². The third-order valence-electron chi connectivity index (χ3n) is 7.94. The van der Waals surface area contributed by atoms with Crippen molar-refractivity contribution < 1.29 is 23.8 Å². The summed E-state index contributed by atoms with van der Waals surface area (Å²) in [6.45, 7) is 4.41. The van der Waals surface area contributed by atoms with E-state index in [0.29, 0.717) is 66.5 Å². The fourth-order valence-corrected chi connectivity index (χ4v) is 6.47. The van der Waals surface area contributed by atoms with Gasteiger partial charge in [-0.25, -0.2) is 19.3 Å². The smallest absolute Gasteiger partial charge is 0.306 e. The maximum absolute atomic E-state index is 13.8. The summed E-state index contributed by atoms with van der Waals surface area (Å²) >= 11 is 1.41. The van der Waals surface area contributed by atoms with Gasteiger partial charge in [-0.15, -0.1) is 0 Å². The number of thiazole rings is 1. The Labute approximate surface area is 242 Å². The quantitative estimate of drug-likeness (QED) is 0.359. The molecule has 2 aromatic heterocycles. The number of rotatable bonds is 9. The van der Waals surface area contributed by atoms with Crippen LogP contribution in [0.1, 0.15) is 60.0 Å². The zero-order valence-corrected chi connectivity index (χ0v) is 24.1. The number of nitrogens with zero attached hydrogens (tertiary/aromatic N) is 5. The number of hydrogen-bond donors (Lipinski definition) is 2. The maximum atomic E-state index is 13.8. The van der Waals surface area contributed by atoms with Gasteiger partial charge in [-0.05, 0) is 57.4 Å². The molecule has 1 aromatic carbocycles. The first-order valence-electron chi connectivity index (χ1n) is 13.9. The Hall–Kier alpha value is -3.64. The number of aliphatic carboxylic acids is 1. The molecule has 0 aliphatic carbocycles. The van der Waals surface area contributed by atoms with Crippen LogP contribution in [-0.4, -0.2) is 69.6 Å². The molecular weight excluding hydrogens is 547 g/mol. The lowest BCUT2D eigenvalue weighted by molar-refractivity contribution is -0.142. The number of methoxy groups -OCH3 is 1. The average molecular weight is 583 g/mol. The fraction of sp³-hybridized carbons (Fsp3) is 0.483. The molecule has 0 spiro atoms. The van der Waals surface area contributed by atoms with Crippen LogP contribution in [-0.2, 0) is 18.0 Å². The van der Waals surface area contributed by atoms with Crippen LogP contribution in [0.5, 0.6) is 5.75 Å². The molecule has 12 heteroatoms. The predicted octanol–water partition coefficient (Wildman–Crippen LogP) is 5.01. The molecule has 2 aliphatic heterocycles. The summed E-state index contributed by atoms with van der Waals surface area (Å²) in [6.07, 6.45) is 7.56. The number of piperidine rings is 2. The van der Waals surface area contributed by atoms with Gasteiger partial charge < -0.3 is 14.7 Å². The molecule has 1 atom stereocenters. The van der Waals surface area contributed by atoms with Gasteiger partial charge in [0.2, 0.25) is 0 Å². The highest BCUT2D eigenvalue weighted by molar-refractivity contribution is 7.16. The number of aromatic nitrogens is 3. The van der Waals surface area contributed by atoms with Crippen LogP contribution in [0.3, 0.4) is 0 Å². The maximum Gasteiger partial charge on any atom is 0.306 e. The molecule has 2 aliphatic rings. The van der Waals surface area contributed by atoms with E-state index in [1.165, 1.54) is 31.1 Å². The van der Waals surface area contributed by atoms with E-state index in [-0.39, 0.29) is 11.6 Å². The molecule has 0 bridgehead atoms. The molecule has 5 rings (SSSR count). The van der Waals surface area contributed by atoms with E-state index < -0.39 is 18.6 Å². The van der Waals surface area contributed by atoms with Crippen molar-refractivity contribution in [2.24, 2.45) is 5.92 Å². The summed E-state index contributed by atoms with van der Waals surface area (Å²) in [7, 11) is 1.52. The number of halogens is 1. The molecule has 41 heavy (non-hydrogen) atoms. The first kappa shape index (κ1) is 28.9. The van der Waals surface area contributed by atoms with Crippen LogP contribution in [0.2, 0.25) is 0 Å². The third kappa shape index (κ3) is 6.65. The van der Waals surface area contributed by atoms with E-state index in [0.717, 1.165) is 29.8 Å². The standard InChI is InChI=1S/C29H35FN6O4S/c1-18-5-3-4-10-36(18)17-24-26(20-6-7-23(40-2)21(13-20)14-30)33-29(41-24)34-27(37)22-15-32-25(16-31-22)35-11-8-19(9-12-35)28(38)39/h6-7,13,15-16,18-19H,3-5,8-12,14,17H2,1-2H3,(H,38,39)(H,33,34,37)/t18-/m1/s1. The molecule has 2 fully saturated rings. The summed E-state index contributed by atoms with van der Waals surface area (Å²) < 4.78 is 19.1. The Balaban J connectivity index is 1.34. The minimum Gasteiger partial charge on any atom is -0.496 e. The second-order valence-corrected chi connectivity index (χ2v) is 11.7. The lowest BCUT2D eigenvalue weighted by atomic mass is 9.97. The van der Waals surface area contributed by atoms with Crippen molar-refractivity contribution in [2.45, 2.75) is 58.3 Å². The lowest BCUT2D eigenvalue weighted by Gasteiger charge is -2.33. The van der Waals surface area contributed by atoms with E-state index in [2.05, 4.69) is 27.1 Å². The summed E-state index contributed by atoms with van der Waals surface area (Å²) in [5.74, 6) is -0.429. The summed E-state index contributed by atoms with van der Waals surface area (Å²) in [4.78, 5) is 43.2. The number of amides is 1. The van der Waals surface area contributed by atoms with Crippen LogP contribution in [0.4, 0.5) is 15.3 Å². The van der Waals surface area contributed by atoms with Crippen molar-refractivity contribution in [1.82, 2.24) is 19.9 Å². The van der Waals surface area contributed by atoms with Crippen molar-refractivity contribution in [2.75, 3.05) is 37.0 Å². The summed E-state index contributed by atoms with van der Waals surface area (Å²) in [5, 5.41) is 12.5. The molecule has 2 saturated heterocycles. The van der Waals surface area contributed by atoms with E-state index >= 15 is 0 Å². The Morgan fingerprint density at radius 2 is 1.95 bits per heavy atom. The second kappa shape index (κ2) is 12.9. The van der Waals surface area contributed by atoms with Gasteiger partial charge in [-0.1, -0.05) is 17.8 Å². The van der Waals surface area contributed by atoms with E-state index in [9.17, 15) is 19.1 Å². The van der Waals surface area contributed by atoms with Gasteiger partial charge in [0.05, 0.1) is 31.1 Å². The summed E-state index contributed by atoms with van der Waals surface area (Å²) in [6, 6.07) is 5.81. The molecule has 10 nitrogen and oxygen atoms in total. The van der Waals surface area contributed by atoms with Gasteiger partial charge in [0, 0.05) is 41.7 Å².